The molecule has 0 fully saturated rings. The van der Waals surface area contributed by atoms with Gasteiger partial charge in [0, 0.05) is 28.2 Å². The van der Waals surface area contributed by atoms with Gasteiger partial charge in [-0.3, -0.25) is 0 Å². The first kappa shape index (κ1) is 27.9. The van der Waals surface area contributed by atoms with Crippen molar-refractivity contribution in [1.29, 1.82) is 0 Å². The van der Waals surface area contributed by atoms with E-state index in [1.165, 1.54) is 0 Å². The third-order valence-corrected chi connectivity index (χ3v) is 7.86. The molecule has 2 nitrogen and oxygen atoms in total. The second kappa shape index (κ2) is 12.7. The van der Waals surface area contributed by atoms with Gasteiger partial charge in [0.1, 0.15) is 5.82 Å². The van der Waals surface area contributed by atoms with E-state index in [1.807, 2.05) is 91.0 Å². The van der Waals surface area contributed by atoms with Crippen LogP contribution in [0.1, 0.15) is 0 Å². The Morgan fingerprint density at radius 2 is 0.667 bits per heavy atom. The summed E-state index contributed by atoms with van der Waals surface area (Å²) in [6, 6.07) is 62.9. The van der Waals surface area contributed by atoms with Crippen LogP contribution in [0, 0.1) is 5.82 Å². The van der Waals surface area contributed by atoms with Crippen molar-refractivity contribution in [2.24, 2.45) is 0 Å². The Hall–Kier alpha value is -5.93. The van der Waals surface area contributed by atoms with E-state index in [2.05, 4.69) is 94.7 Å². The molecule has 0 amide bonds. The van der Waals surface area contributed by atoms with Gasteiger partial charge in [-0.2, -0.15) is 0 Å². The summed E-state index contributed by atoms with van der Waals surface area (Å²) in [5.41, 5.74) is 9.50. The van der Waals surface area contributed by atoms with Crippen molar-refractivity contribution in [3.8, 4) is 22.3 Å². The van der Waals surface area contributed by atoms with Crippen LogP contribution in [0.4, 0.5) is 38.5 Å². The van der Waals surface area contributed by atoms with E-state index in [4.69, 9.17) is 0 Å². The molecule has 7 aromatic carbocycles. The van der Waals surface area contributed by atoms with E-state index < -0.39 is 0 Å². The Bertz CT molecular complexity index is 1900. The highest BCUT2D eigenvalue weighted by Crippen LogP contribution is 2.48. The summed E-state index contributed by atoms with van der Waals surface area (Å²) >= 11 is 0. The molecular weight excluding hydrogens is 551 g/mol. The number of rotatable bonds is 8. The van der Waals surface area contributed by atoms with E-state index in [1.54, 1.807) is 12.1 Å². The van der Waals surface area contributed by atoms with E-state index >= 15 is 4.39 Å². The smallest absolute Gasteiger partial charge is 0.127 e. The number of anilines is 6. The van der Waals surface area contributed by atoms with Crippen LogP contribution in [0.2, 0.25) is 0 Å². The van der Waals surface area contributed by atoms with Crippen molar-refractivity contribution in [3.05, 3.63) is 194 Å². The normalized spacial score (nSPS) is 10.8. The fraction of sp³-hybridized carbons (Fsp3) is 0. The Kier molecular flexibility index (Phi) is 7.89. The van der Waals surface area contributed by atoms with Crippen LogP contribution in [0.3, 0.4) is 0 Å². The lowest BCUT2D eigenvalue weighted by atomic mass is 9.94. The van der Waals surface area contributed by atoms with Gasteiger partial charge in [-0.25, -0.2) is 4.39 Å². The maximum Gasteiger partial charge on any atom is 0.127 e. The van der Waals surface area contributed by atoms with Gasteiger partial charge < -0.3 is 9.80 Å². The molecule has 0 aliphatic heterocycles. The SMILES string of the molecule is Fc1cc(N(c2ccccc2)c2ccccc2)cc(N(c2ccccc2)c2c(-c3ccccc3)cccc2-c2ccccc2)c1. The quantitative estimate of drug-likeness (QED) is 0.176. The van der Waals surface area contributed by atoms with Crippen LogP contribution >= 0.6 is 0 Å². The maximum atomic E-state index is 16.0. The van der Waals surface area contributed by atoms with Crippen molar-refractivity contribution < 1.29 is 4.39 Å². The number of hydrogen-bond acceptors (Lipinski definition) is 2. The van der Waals surface area contributed by atoms with Crippen LogP contribution in [0.25, 0.3) is 22.3 Å². The molecule has 0 radical (unpaired) electrons. The van der Waals surface area contributed by atoms with E-state index in [9.17, 15) is 0 Å². The number of para-hydroxylation sites is 4. The molecule has 0 heterocycles. The van der Waals surface area contributed by atoms with Crippen LogP contribution in [0.5, 0.6) is 0 Å². The predicted molar refractivity (Wildman–Crippen MR) is 187 cm³/mol. The van der Waals surface area contributed by atoms with E-state index in [0.29, 0.717) is 5.69 Å². The van der Waals surface area contributed by atoms with E-state index in [0.717, 1.165) is 50.7 Å². The Morgan fingerprint density at radius 1 is 0.311 bits per heavy atom. The summed E-state index contributed by atoms with van der Waals surface area (Å²) in [5, 5.41) is 0. The highest BCUT2D eigenvalue weighted by Gasteiger charge is 2.24. The van der Waals surface area contributed by atoms with Gasteiger partial charge in [0.05, 0.1) is 17.1 Å². The maximum absolute atomic E-state index is 16.0. The number of hydrogen-bond donors (Lipinski definition) is 0. The lowest BCUT2D eigenvalue weighted by molar-refractivity contribution is 0.628. The highest BCUT2D eigenvalue weighted by molar-refractivity contribution is 5.98. The molecule has 0 spiro atoms. The topological polar surface area (TPSA) is 6.48 Å². The molecule has 0 aliphatic rings. The molecule has 3 heteroatoms. The summed E-state index contributed by atoms with van der Waals surface area (Å²) < 4.78 is 16.0. The molecule has 0 aromatic heterocycles. The Labute approximate surface area is 263 Å². The Balaban J connectivity index is 1.51. The molecule has 216 valence electrons. The summed E-state index contributed by atoms with van der Waals surface area (Å²) in [4.78, 5) is 4.28. The van der Waals surface area contributed by atoms with Gasteiger partial charge in [-0.15, -0.1) is 0 Å². The molecule has 0 saturated carbocycles. The predicted octanol–water partition coefficient (Wildman–Crippen LogP) is 12.1. The molecule has 0 bridgehead atoms. The number of nitrogens with zero attached hydrogens (tertiary/aromatic N) is 2. The summed E-state index contributed by atoms with van der Waals surface area (Å²) in [5.74, 6) is -0.321. The fourth-order valence-corrected chi connectivity index (χ4v) is 5.89. The van der Waals surface area contributed by atoms with Crippen molar-refractivity contribution in [3.63, 3.8) is 0 Å². The zero-order valence-corrected chi connectivity index (χ0v) is 24.7. The average molecular weight is 583 g/mol. The zero-order chi connectivity index (χ0) is 30.4. The van der Waals surface area contributed by atoms with Crippen LogP contribution in [-0.4, -0.2) is 0 Å². The summed E-state index contributed by atoms with van der Waals surface area (Å²) in [7, 11) is 0. The highest BCUT2D eigenvalue weighted by atomic mass is 19.1. The Morgan fingerprint density at radius 3 is 1.09 bits per heavy atom. The average Bonchev–Trinajstić information content (AvgIpc) is 3.11. The van der Waals surface area contributed by atoms with Crippen LogP contribution < -0.4 is 9.80 Å². The van der Waals surface area contributed by atoms with Crippen molar-refractivity contribution in [1.82, 2.24) is 0 Å². The monoisotopic (exact) mass is 582 g/mol. The van der Waals surface area contributed by atoms with Gasteiger partial charge in [-0.05, 0) is 65.7 Å². The lowest BCUT2D eigenvalue weighted by Gasteiger charge is -2.32. The van der Waals surface area contributed by atoms with Gasteiger partial charge in [0.25, 0.3) is 0 Å². The minimum atomic E-state index is -0.321. The first-order chi connectivity index (χ1) is 22.3. The first-order valence-corrected chi connectivity index (χ1v) is 15.1. The molecule has 7 rings (SSSR count). The molecule has 45 heavy (non-hydrogen) atoms. The summed E-state index contributed by atoms with van der Waals surface area (Å²) in [6.07, 6.45) is 0. The van der Waals surface area contributed by atoms with E-state index in [-0.39, 0.29) is 5.82 Å². The fourth-order valence-electron chi connectivity index (χ4n) is 5.89. The zero-order valence-electron chi connectivity index (χ0n) is 24.7. The molecular formula is C42H31FN2. The second-order valence-corrected chi connectivity index (χ2v) is 10.8. The minimum absolute atomic E-state index is 0.321. The molecule has 0 unspecified atom stereocenters. The lowest BCUT2D eigenvalue weighted by Crippen LogP contribution is -2.15. The van der Waals surface area contributed by atoms with Gasteiger partial charge in [-0.1, -0.05) is 133 Å². The van der Waals surface area contributed by atoms with Gasteiger partial charge in [0.15, 0.2) is 0 Å². The van der Waals surface area contributed by atoms with Crippen LogP contribution in [-0.2, 0) is 0 Å². The molecule has 0 N–H and O–H groups in total. The van der Waals surface area contributed by atoms with Gasteiger partial charge in [0.2, 0.25) is 0 Å². The van der Waals surface area contributed by atoms with Crippen molar-refractivity contribution in [2.45, 2.75) is 0 Å². The number of halogens is 1. The second-order valence-electron chi connectivity index (χ2n) is 10.8. The van der Waals surface area contributed by atoms with Gasteiger partial charge >= 0.3 is 0 Å². The number of benzene rings is 7. The molecule has 0 saturated heterocycles. The van der Waals surface area contributed by atoms with Crippen molar-refractivity contribution in [2.75, 3.05) is 9.80 Å². The minimum Gasteiger partial charge on any atom is -0.310 e. The summed E-state index contributed by atoms with van der Waals surface area (Å²) in [6.45, 7) is 0. The molecule has 7 aromatic rings. The van der Waals surface area contributed by atoms with Crippen LogP contribution in [0.15, 0.2) is 188 Å². The third-order valence-electron chi connectivity index (χ3n) is 7.86. The first-order valence-electron chi connectivity index (χ1n) is 15.1. The largest absolute Gasteiger partial charge is 0.310 e. The molecule has 0 aliphatic carbocycles. The van der Waals surface area contributed by atoms with Crippen molar-refractivity contribution >= 4 is 34.1 Å². The standard InChI is InChI=1S/C42H31FN2/c43-34-29-38(44(35-21-10-3-11-22-35)36-23-12-4-13-24-36)31-39(30-34)45(37-25-14-5-15-26-37)42-40(32-17-6-1-7-18-32)27-16-28-41(42)33-19-8-2-9-20-33/h1-31H. The molecule has 0 atom stereocenters. The third kappa shape index (κ3) is 5.84.